The van der Waals surface area contributed by atoms with Crippen molar-refractivity contribution in [3.05, 3.63) is 41.8 Å². The molecule has 0 spiro atoms. The first-order valence-corrected chi connectivity index (χ1v) is 5.15. The van der Waals surface area contributed by atoms with Gasteiger partial charge in [0.25, 0.3) is 0 Å². The lowest BCUT2D eigenvalue weighted by Gasteiger charge is -2.02. The Morgan fingerprint density at radius 1 is 1.38 bits per heavy atom. The molecule has 0 saturated carbocycles. The molecule has 2 rings (SSSR count). The summed E-state index contributed by atoms with van der Waals surface area (Å²) in [4.78, 5) is 0. The molecule has 1 N–H and O–H groups in total. The molecule has 1 aromatic carbocycles. The standard InChI is InChI=1S/C12H14FN3/c1-14-8-9-7-12(16(2)15-9)10-5-3-4-6-11(10)13/h3-7,14H,8H2,1-2H3. The molecule has 0 fully saturated rings. The average molecular weight is 219 g/mol. The van der Waals surface area contributed by atoms with Crippen LogP contribution >= 0.6 is 0 Å². The van der Waals surface area contributed by atoms with Crippen molar-refractivity contribution in [2.75, 3.05) is 7.05 Å². The van der Waals surface area contributed by atoms with Gasteiger partial charge in [0, 0.05) is 19.2 Å². The Morgan fingerprint density at radius 2 is 2.12 bits per heavy atom. The summed E-state index contributed by atoms with van der Waals surface area (Å²) < 4.78 is 15.3. The smallest absolute Gasteiger partial charge is 0.132 e. The van der Waals surface area contributed by atoms with Crippen LogP contribution in [-0.2, 0) is 13.6 Å². The highest BCUT2D eigenvalue weighted by Gasteiger charge is 2.10. The Hall–Kier alpha value is -1.68. The van der Waals surface area contributed by atoms with Crippen LogP contribution in [0.4, 0.5) is 4.39 Å². The van der Waals surface area contributed by atoms with Gasteiger partial charge >= 0.3 is 0 Å². The van der Waals surface area contributed by atoms with E-state index in [1.807, 2.05) is 26.2 Å². The van der Waals surface area contributed by atoms with Crippen LogP contribution in [0, 0.1) is 5.82 Å². The summed E-state index contributed by atoms with van der Waals surface area (Å²) in [6.45, 7) is 0.683. The van der Waals surface area contributed by atoms with Crippen molar-refractivity contribution in [2.45, 2.75) is 6.54 Å². The van der Waals surface area contributed by atoms with Crippen LogP contribution < -0.4 is 5.32 Å². The minimum Gasteiger partial charge on any atom is -0.314 e. The number of hydrogen-bond donors (Lipinski definition) is 1. The molecular formula is C12H14FN3. The number of aryl methyl sites for hydroxylation is 1. The molecule has 3 nitrogen and oxygen atoms in total. The number of rotatable bonds is 3. The highest BCUT2D eigenvalue weighted by atomic mass is 19.1. The van der Waals surface area contributed by atoms with E-state index in [1.54, 1.807) is 16.8 Å². The van der Waals surface area contributed by atoms with E-state index in [2.05, 4.69) is 10.4 Å². The Balaban J connectivity index is 2.44. The van der Waals surface area contributed by atoms with Crippen LogP contribution in [0.2, 0.25) is 0 Å². The Bertz CT molecular complexity index is 491. The number of hydrogen-bond acceptors (Lipinski definition) is 2. The van der Waals surface area contributed by atoms with Crippen molar-refractivity contribution in [3.63, 3.8) is 0 Å². The second-order valence-corrected chi connectivity index (χ2v) is 3.65. The molecule has 1 heterocycles. The monoisotopic (exact) mass is 219 g/mol. The molecule has 1 aromatic heterocycles. The zero-order chi connectivity index (χ0) is 11.5. The largest absolute Gasteiger partial charge is 0.314 e. The van der Waals surface area contributed by atoms with Crippen LogP contribution in [0.3, 0.4) is 0 Å². The fourth-order valence-electron chi connectivity index (χ4n) is 1.72. The van der Waals surface area contributed by atoms with E-state index in [-0.39, 0.29) is 5.82 Å². The zero-order valence-electron chi connectivity index (χ0n) is 9.37. The van der Waals surface area contributed by atoms with Crippen LogP contribution in [0.1, 0.15) is 5.69 Å². The summed E-state index contributed by atoms with van der Waals surface area (Å²) in [5, 5.41) is 7.33. The van der Waals surface area contributed by atoms with Gasteiger partial charge in [-0.05, 0) is 25.2 Å². The second kappa shape index (κ2) is 4.45. The van der Waals surface area contributed by atoms with Gasteiger partial charge in [-0.3, -0.25) is 4.68 Å². The Labute approximate surface area is 93.9 Å². The van der Waals surface area contributed by atoms with Gasteiger partial charge in [0.1, 0.15) is 5.82 Å². The first-order chi connectivity index (χ1) is 7.72. The van der Waals surface area contributed by atoms with E-state index in [1.165, 1.54) is 6.07 Å². The molecule has 0 aliphatic carbocycles. The van der Waals surface area contributed by atoms with Gasteiger partial charge in [0.2, 0.25) is 0 Å². The van der Waals surface area contributed by atoms with E-state index in [9.17, 15) is 4.39 Å². The van der Waals surface area contributed by atoms with Gasteiger partial charge < -0.3 is 5.32 Å². The summed E-state index contributed by atoms with van der Waals surface area (Å²) in [5.74, 6) is -0.221. The van der Waals surface area contributed by atoms with E-state index in [4.69, 9.17) is 0 Å². The minimum absolute atomic E-state index is 0.221. The summed E-state index contributed by atoms with van der Waals surface area (Å²) >= 11 is 0. The van der Waals surface area contributed by atoms with Gasteiger partial charge in [-0.25, -0.2) is 4.39 Å². The molecule has 84 valence electrons. The molecule has 0 aliphatic heterocycles. The highest BCUT2D eigenvalue weighted by molar-refractivity contribution is 5.60. The molecule has 4 heteroatoms. The topological polar surface area (TPSA) is 29.9 Å². The lowest BCUT2D eigenvalue weighted by molar-refractivity contribution is 0.627. The van der Waals surface area contributed by atoms with Gasteiger partial charge in [-0.1, -0.05) is 12.1 Å². The summed E-state index contributed by atoms with van der Waals surface area (Å²) in [6, 6.07) is 8.62. The quantitative estimate of drug-likeness (QED) is 0.855. The summed E-state index contributed by atoms with van der Waals surface area (Å²) in [7, 11) is 3.68. The van der Waals surface area contributed by atoms with Gasteiger partial charge in [-0.15, -0.1) is 0 Å². The number of nitrogens with zero attached hydrogens (tertiary/aromatic N) is 2. The fourth-order valence-corrected chi connectivity index (χ4v) is 1.72. The third-order valence-electron chi connectivity index (χ3n) is 2.44. The minimum atomic E-state index is -0.221. The molecule has 0 saturated heterocycles. The summed E-state index contributed by atoms with van der Waals surface area (Å²) in [6.07, 6.45) is 0. The van der Waals surface area contributed by atoms with Crippen molar-refractivity contribution < 1.29 is 4.39 Å². The van der Waals surface area contributed by atoms with Crippen molar-refractivity contribution in [1.82, 2.24) is 15.1 Å². The van der Waals surface area contributed by atoms with Gasteiger partial charge in [0.05, 0.1) is 11.4 Å². The average Bonchev–Trinajstić information content (AvgIpc) is 2.61. The SMILES string of the molecule is CNCc1cc(-c2ccccc2F)n(C)n1. The molecule has 0 atom stereocenters. The predicted molar refractivity (Wildman–Crippen MR) is 61.4 cm³/mol. The van der Waals surface area contributed by atoms with Gasteiger partial charge in [-0.2, -0.15) is 5.10 Å². The molecule has 0 radical (unpaired) electrons. The van der Waals surface area contributed by atoms with Gasteiger partial charge in [0.15, 0.2) is 0 Å². The van der Waals surface area contributed by atoms with Crippen molar-refractivity contribution in [3.8, 4) is 11.3 Å². The number of aromatic nitrogens is 2. The normalized spacial score (nSPS) is 10.7. The number of benzene rings is 1. The molecule has 0 unspecified atom stereocenters. The lowest BCUT2D eigenvalue weighted by Crippen LogP contribution is -2.05. The lowest BCUT2D eigenvalue weighted by atomic mass is 10.1. The molecule has 2 aromatic rings. The van der Waals surface area contributed by atoms with E-state index >= 15 is 0 Å². The third-order valence-corrected chi connectivity index (χ3v) is 2.44. The predicted octanol–water partition coefficient (Wildman–Crippen LogP) is 1.95. The van der Waals surface area contributed by atoms with Crippen LogP contribution in [0.15, 0.2) is 30.3 Å². The molecule has 0 amide bonds. The zero-order valence-corrected chi connectivity index (χ0v) is 9.37. The van der Waals surface area contributed by atoms with Crippen LogP contribution in [0.5, 0.6) is 0 Å². The molecular weight excluding hydrogens is 205 g/mol. The van der Waals surface area contributed by atoms with Crippen molar-refractivity contribution in [1.29, 1.82) is 0 Å². The first kappa shape index (κ1) is 10.8. The third kappa shape index (κ3) is 1.97. The maximum atomic E-state index is 13.6. The first-order valence-electron chi connectivity index (χ1n) is 5.15. The van der Waals surface area contributed by atoms with E-state index < -0.39 is 0 Å². The number of halogens is 1. The van der Waals surface area contributed by atoms with Crippen molar-refractivity contribution >= 4 is 0 Å². The maximum Gasteiger partial charge on any atom is 0.132 e. The fraction of sp³-hybridized carbons (Fsp3) is 0.250. The summed E-state index contributed by atoms with van der Waals surface area (Å²) in [5.41, 5.74) is 2.28. The highest BCUT2D eigenvalue weighted by Crippen LogP contribution is 2.22. The van der Waals surface area contributed by atoms with E-state index in [0.717, 1.165) is 11.4 Å². The van der Waals surface area contributed by atoms with Crippen LogP contribution in [0.25, 0.3) is 11.3 Å². The van der Waals surface area contributed by atoms with Crippen LogP contribution in [-0.4, -0.2) is 16.8 Å². The molecule has 16 heavy (non-hydrogen) atoms. The molecule has 0 aliphatic rings. The second-order valence-electron chi connectivity index (χ2n) is 3.65. The van der Waals surface area contributed by atoms with Crippen molar-refractivity contribution in [2.24, 2.45) is 7.05 Å². The number of nitrogens with one attached hydrogen (secondary N) is 1. The Kier molecular flexibility index (Phi) is 3.01. The maximum absolute atomic E-state index is 13.6. The Morgan fingerprint density at radius 3 is 2.81 bits per heavy atom. The van der Waals surface area contributed by atoms with E-state index in [0.29, 0.717) is 12.1 Å². The molecule has 0 bridgehead atoms.